The maximum atomic E-state index is 12.4. The number of fused-ring (bicyclic) bond motifs is 3. The van der Waals surface area contributed by atoms with Crippen molar-refractivity contribution in [1.82, 2.24) is 0 Å². The predicted octanol–water partition coefficient (Wildman–Crippen LogP) is 0.0701. The van der Waals surface area contributed by atoms with Gasteiger partial charge in [-0.1, -0.05) is 36.4 Å². The lowest BCUT2D eigenvalue weighted by molar-refractivity contribution is 0.104. The molecule has 5 heteroatoms. The minimum atomic E-state index is -1.78. The Labute approximate surface area is 110 Å². The molecule has 0 bridgehead atoms. The van der Waals surface area contributed by atoms with E-state index < -0.39 is 7.12 Å². The van der Waals surface area contributed by atoms with Gasteiger partial charge in [-0.05, 0) is 22.2 Å². The molecule has 0 radical (unpaired) electrons. The smallest absolute Gasteiger partial charge is 0.423 e. The van der Waals surface area contributed by atoms with Crippen molar-refractivity contribution in [3.63, 3.8) is 0 Å². The van der Waals surface area contributed by atoms with E-state index >= 15 is 0 Å². The number of aliphatic hydroxyl groups is 1. The maximum Gasteiger partial charge on any atom is 0.489 e. The molecule has 2 aromatic carbocycles. The molecule has 0 saturated carbocycles. The van der Waals surface area contributed by atoms with E-state index in [2.05, 4.69) is 0 Å². The summed E-state index contributed by atoms with van der Waals surface area (Å²) in [4.78, 5) is 12.4. The van der Waals surface area contributed by atoms with Crippen molar-refractivity contribution in [2.24, 2.45) is 0 Å². The number of carbonyl (C=O) groups is 1. The summed E-state index contributed by atoms with van der Waals surface area (Å²) in [6.45, 7) is -0.343. The summed E-state index contributed by atoms with van der Waals surface area (Å²) in [5, 5.41) is 28.2. The van der Waals surface area contributed by atoms with Crippen molar-refractivity contribution in [3.05, 3.63) is 53.1 Å². The standard InChI is InChI=1S/C14H11BO4/c16-7-8-5-6-10-9-3-1-2-4-11(9)14(17)12(10)13(8)15(18)19/h1-6,16,18-19H,7H2. The fourth-order valence-corrected chi connectivity index (χ4v) is 2.62. The highest BCUT2D eigenvalue weighted by Crippen LogP contribution is 2.35. The van der Waals surface area contributed by atoms with Gasteiger partial charge in [0.1, 0.15) is 0 Å². The summed E-state index contributed by atoms with van der Waals surface area (Å²) >= 11 is 0. The van der Waals surface area contributed by atoms with Crippen LogP contribution in [0.3, 0.4) is 0 Å². The van der Waals surface area contributed by atoms with Crippen molar-refractivity contribution < 1.29 is 19.9 Å². The van der Waals surface area contributed by atoms with E-state index in [9.17, 15) is 19.9 Å². The number of rotatable bonds is 2. The van der Waals surface area contributed by atoms with Crippen LogP contribution < -0.4 is 5.46 Å². The van der Waals surface area contributed by atoms with Crippen LogP contribution in [-0.2, 0) is 6.61 Å². The molecule has 1 aliphatic rings. The summed E-state index contributed by atoms with van der Waals surface area (Å²) in [5.41, 5.74) is 2.75. The van der Waals surface area contributed by atoms with E-state index in [0.717, 1.165) is 5.56 Å². The van der Waals surface area contributed by atoms with Crippen LogP contribution in [0.2, 0.25) is 0 Å². The molecule has 0 unspecified atom stereocenters. The minimum Gasteiger partial charge on any atom is -0.423 e. The molecule has 0 spiro atoms. The predicted molar refractivity (Wildman–Crippen MR) is 71.1 cm³/mol. The number of carbonyl (C=O) groups excluding carboxylic acids is 1. The van der Waals surface area contributed by atoms with Gasteiger partial charge in [-0.3, -0.25) is 4.79 Å². The summed E-state index contributed by atoms with van der Waals surface area (Å²) in [6.07, 6.45) is 0. The summed E-state index contributed by atoms with van der Waals surface area (Å²) < 4.78 is 0. The van der Waals surface area contributed by atoms with Gasteiger partial charge in [0.2, 0.25) is 0 Å². The zero-order chi connectivity index (χ0) is 13.6. The molecule has 0 heterocycles. The monoisotopic (exact) mass is 254 g/mol. The normalized spacial score (nSPS) is 12.3. The molecule has 0 atom stereocenters. The van der Waals surface area contributed by atoms with Crippen molar-refractivity contribution in [3.8, 4) is 11.1 Å². The third-order valence-corrected chi connectivity index (χ3v) is 3.45. The van der Waals surface area contributed by atoms with Crippen LogP contribution in [0.4, 0.5) is 0 Å². The van der Waals surface area contributed by atoms with E-state index in [1.807, 2.05) is 12.1 Å². The van der Waals surface area contributed by atoms with Crippen LogP contribution in [-0.4, -0.2) is 28.1 Å². The third kappa shape index (κ3) is 1.63. The topological polar surface area (TPSA) is 77.8 Å². The molecule has 0 amide bonds. The summed E-state index contributed by atoms with van der Waals surface area (Å²) in [7, 11) is -1.78. The second-order valence-corrected chi connectivity index (χ2v) is 4.47. The van der Waals surface area contributed by atoms with Crippen LogP contribution in [0.25, 0.3) is 11.1 Å². The molecule has 4 nitrogen and oxygen atoms in total. The van der Waals surface area contributed by atoms with Gasteiger partial charge in [0.05, 0.1) is 6.61 Å². The SMILES string of the molecule is O=C1c2ccccc2-c2ccc(CO)c(B(O)O)c21. The van der Waals surface area contributed by atoms with Crippen LogP contribution in [0.15, 0.2) is 36.4 Å². The number of ketones is 1. The fraction of sp³-hybridized carbons (Fsp3) is 0.0714. The number of aliphatic hydroxyl groups excluding tert-OH is 1. The summed E-state index contributed by atoms with van der Waals surface area (Å²) in [5.74, 6) is -0.232. The first-order valence-corrected chi connectivity index (χ1v) is 5.92. The first kappa shape index (κ1) is 12.1. The molecule has 3 rings (SSSR count). The Morgan fingerprint density at radius 2 is 1.63 bits per heavy atom. The van der Waals surface area contributed by atoms with E-state index in [1.165, 1.54) is 0 Å². The molecule has 0 aliphatic heterocycles. The van der Waals surface area contributed by atoms with Crippen molar-refractivity contribution in [2.45, 2.75) is 6.61 Å². The van der Waals surface area contributed by atoms with Crippen LogP contribution >= 0.6 is 0 Å². The van der Waals surface area contributed by atoms with Gasteiger partial charge in [-0.2, -0.15) is 0 Å². The van der Waals surface area contributed by atoms with Gasteiger partial charge in [0, 0.05) is 11.1 Å². The zero-order valence-corrected chi connectivity index (χ0v) is 10.00. The average molecular weight is 254 g/mol. The molecule has 2 aromatic rings. The van der Waals surface area contributed by atoms with Gasteiger partial charge < -0.3 is 15.2 Å². The quantitative estimate of drug-likeness (QED) is 0.565. The average Bonchev–Trinajstić information content (AvgIpc) is 2.72. The lowest BCUT2D eigenvalue weighted by atomic mass is 9.72. The molecule has 19 heavy (non-hydrogen) atoms. The Hall–Kier alpha value is -1.95. The molecule has 94 valence electrons. The van der Waals surface area contributed by atoms with Gasteiger partial charge in [-0.15, -0.1) is 0 Å². The summed E-state index contributed by atoms with van der Waals surface area (Å²) in [6, 6.07) is 10.5. The molecular formula is C14H11BO4. The fourth-order valence-electron chi connectivity index (χ4n) is 2.62. The van der Waals surface area contributed by atoms with Crippen molar-refractivity contribution in [2.75, 3.05) is 0 Å². The third-order valence-electron chi connectivity index (χ3n) is 3.45. The largest absolute Gasteiger partial charge is 0.489 e. The van der Waals surface area contributed by atoms with Crippen LogP contribution in [0.5, 0.6) is 0 Å². The second kappa shape index (κ2) is 4.31. The Bertz CT molecular complexity index is 679. The van der Waals surface area contributed by atoms with Gasteiger partial charge in [-0.25, -0.2) is 0 Å². The number of hydrogen-bond acceptors (Lipinski definition) is 4. The highest BCUT2D eigenvalue weighted by atomic mass is 16.4. The van der Waals surface area contributed by atoms with Crippen LogP contribution in [0, 0.1) is 0 Å². The number of benzene rings is 2. The lowest BCUT2D eigenvalue weighted by Crippen LogP contribution is -2.37. The molecule has 0 fully saturated rings. The second-order valence-electron chi connectivity index (χ2n) is 4.47. The van der Waals surface area contributed by atoms with E-state index in [0.29, 0.717) is 16.7 Å². The first-order valence-electron chi connectivity index (χ1n) is 5.92. The maximum absolute atomic E-state index is 12.4. The van der Waals surface area contributed by atoms with E-state index in [1.54, 1.807) is 24.3 Å². The highest BCUT2D eigenvalue weighted by Gasteiger charge is 2.33. The van der Waals surface area contributed by atoms with E-state index in [-0.39, 0.29) is 23.4 Å². The Balaban J connectivity index is 2.35. The first-order chi connectivity index (χ1) is 9.15. The highest BCUT2D eigenvalue weighted by molar-refractivity contribution is 6.62. The zero-order valence-electron chi connectivity index (χ0n) is 10.00. The van der Waals surface area contributed by atoms with Crippen LogP contribution in [0.1, 0.15) is 21.5 Å². The van der Waals surface area contributed by atoms with Gasteiger partial charge in [0.25, 0.3) is 0 Å². The molecule has 1 aliphatic carbocycles. The molecule has 3 N–H and O–H groups in total. The number of hydrogen-bond donors (Lipinski definition) is 3. The molecular weight excluding hydrogens is 243 g/mol. The lowest BCUT2D eigenvalue weighted by Gasteiger charge is -2.11. The van der Waals surface area contributed by atoms with Crippen molar-refractivity contribution >= 4 is 18.4 Å². The van der Waals surface area contributed by atoms with Gasteiger partial charge in [0.15, 0.2) is 5.78 Å². The Morgan fingerprint density at radius 1 is 0.947 bits per heavy atom. The Morgan fingerprint density at radius 3 is 2.26 bits per heavy atom. The molecule has 0 aromatic heterocycles. The van der Waals surface area contributed by atoms with E-state index in [4.69, 9.17) is 0 Å². The minimum absolute atomic E-state index is 0.0983. The van der Waals surface area contributed by atoms with Gasteiger partial charge >= 0.3 is 7.12 Å². The van der Waals surface area contributed by atoms with Crippen molar-refractivity contribution in [1.29, 1.82) is 0 Å². The Kier molecular flexibility index (Phi) is 2.75. The molecule has 0 saturated heterocycles.